The summed E-state index contributed by atoms with van der Waals surface area (Å²) in [5, 5.41) is 3.05. The second-order valence-electron chi connectivity index (χ2n) is 4.98. The first-order valence-corrected chi connectivity index (χ1v) is 6.60. The van der Waals surface area contributed by atoms with Crippen molar-refractivity contribution in [1.82, 2.24) is 10.2 Å². The van der Waals surface area contributed by atoms with Crippen molar-refractivity contribution in [3.63, 3.8) is 0 Å². The second kappa shape index (κ2) is 6.62. The topological polar surface area (TPSA) is 49.4 Å². The molecule has 0 aliphatic carbocycles. The Labute approximate surface area is 104 Å². The van der Waals surface area contributed by atoms with Crippen molar-refractivity contribution in [3.05, 3.63) is 0 Å². The molecule has 0 unspecified atom stereocenters. The Morgan fingerprint density at radius 3 is 2.41 bits per heavy atom. The molecule has 0 saturated carbocycles. The van der Waals surface area contributed by atoms with Crippen LogP contribution in [-0.2, 0) is 9.59 Å². The van der Waals surface area contributed by atoms with Crippen molar-refractivity contribution >= 4 is 11.8 Å². The zero-order chi connectivity index (χ0) is 12.8. The third kappa shape index (κ3) is 4.36. The molecular formula is C13H24N2O2. The summed E-state index contributed by atoms with van der Waals surface area (Å²) in [4.78, 5) is 24.9. The molecule has 4 nitrogen and oxygen atoms in total. The Morgan fingerprint density at radius 2 is 1.94 bits per heavy atom. The van der Waals surface area contributed by atoms with Gasteiger partial charge in [-0.15, -0.1) is 0 Å². The first kappa shape index (κ1) is 14.0. The van der Waals surface area contributed by atoms with E-state index >= 15 is 0 Å². The summed E-state index contributed by atoms with van der Waals surface area (Å²) >= 11 is 0. The lowest BCUT2D eigenvalue weighted by molar-refractivity contribution is -0.134. The number of nitrogens with one attached hydrogen (secondary N) is 1. The van der Waals surface area contributed by atoms with Crippen molar-refractivity contribution < 1.29 is 9.59 Å². The lowest BCUT2D eigenvalue weighted by atomic mass is 9.95. The number of hydrogen-bond donors (Lipinski definition) is 1. The largest absolute Gasteiger partial charge is 0.353 e. The molecular weight excluding hydrogens is 216 g/mol. The van der Waals surface area contributed by atoms with Crippen LogP contribution < -0.4 is 5.32 Å². The molecule has 2 amide bonds. The van der Waals surface area contributed by atoms with Crippen LogP contribution in [0.2, 0.25) is 0 Å². The molecule has 1 fully saturated rings. The van der Waals surface area contributed by atoms with E-state index in [1.54, 1.807) is 6.92 Å². The molecule has 0 aromatic carbocycles. The molecule has 1 N–H and O–H groups in total. The van der Waals surface area contributed by atoms with E-state index in [1.165, 1.54) is 0 Å². The Morgan fingerprint density at radius 1 is 1.35 bits per heavy atom. The van der Waals surface area contributed by atoms with Crippen LogP contribution in [0, 0.1) is 5.92 Å². The highest BCUT2D eigenvalue weighted by molar-refractivity contribution is 5.79. The van der Waals surface area contributed by atoms with Crippen molar-refractivity contribution in [2.24, 2.45) is 5.92 Å². The van der Waals surface area contributed by atoms with Crippen LogP contribution in [0.5, 0.6) is 0 Å². The Bertz CT molecular complexity index is 271. The van der Waals surface area contributed by atoms with Gasteiger partial charge < -0.3 is 10.2 Å². The Kier molecular flexibility index (Phi) is 5.45. The first-order valence-electron chi connectivity index (χ1n) is 6.60. The van der Waals surface area contributed by atoms with E-state index < -0.39 is 0 Å². The summed E-state index contributed by atoms with van der Waals surface area (Å²) in [6.07, 6.45) is 3.71. The van der Waals surface area contributed by atoms with Gasteiger partial charge in [0.05, 0.1) is 0 Å². The summed E-state index contributed by atoms with van der Waals surface area (Å²) in [6, 6.07) is 0.262. The van der Waals surface area contributed by atoms with Crippen LogP contribution in [0.1, 0.15) is 46.5 Å². The van der Waals surface area contributed by atoms with Crippen molar-refractivity contribution in [3.8, 4) is 0 Å². The molecule has 0 aromatic rings. The summed E-state index contributed by atoms with van der Waals surface area (Å²) in [5.74, 6) is 0.363. The molecule has 1 aliphatic rings. The van der Waals surface area contributed by atoms with Gasteiger partial charge in [-0.2, -0.15) is 0 Å². The van der Waals surface area contributed by atoms with E-state index in [4.69, 9.17) is 0 Å². The van der Waals surface area contributed by atoms with Gasteiger partial charge in [0.15, 0.2) is 0 Å². The minimum atomic E-state index is 0.0879. The van der Waals surface area contributed by atoms with E-state index in [2.05, 4.69) is 12.2 Å². The van der Waals surface area contributed by atoms with Crippen LogP contribution in [0.4, 0.5) is 0 Å². The van der Waals surface area contributed by atoms with E-state index in [1.807, 2.05) is 11.8 Å². The molecule has 1 saturated heterocycles. The SMILES string of the molecule is CCC[C@@H](C)NC(=O)C1CCN(C(C)=O)CC1. The molecule has 17 heavy (non-hydrogen) atoms. The monoisotopic (exact) mass is 240 g/mol. The van der Waals surface area contributed by atoms with Gasteiger partial charge >= 0.3 is 0 Å². The molecule has 98 valence electrons. The fourth-order valence-electron chi connectivity index (χ4n) is 2.32. The van der Waals surface area contributed by atoms with Gasteiger partial charge in [-0.05, 0) is 26.2 Å². The van der Waals surface area contributed by atoms with Crippen LogP contribution in [0.3, 0.4) is 0 Å². The van der Waals surface area contributed by atoms with E-state index in [9.17, 15) is 9.59 Å². The van der Waals surface area contributed by atoms with Crippen LogP contribution in [0.15, 0.2) is 0 Å². The van der Waals surface area contributed by atoms with Gasteiger partial charge in [-0.3, -0.25) is 9.59 Å². The number of carbonyl (C=O) groups is 2. The fraction of sp³-hybridized carbons (Fsp3) is 0.846. The molecule has 0 bridgehead atoms. The lowest BCUT2D eigenvalue weighted by Gasteiger charge is -2.31. The number of amides is 2. The third-order valence-electron chi connectivity index (χ3n) is 3.42. The lowest BCUT2D eigenvalue weighted by Crippen LogP contribution is -2.44. The number of piperidine rings is 1. The standard InChI is InChI=1S/C13H24N2O2/c1-4-5-10(2)14-13(17)12-6-8-15(9-7-12)11(3)16/h10,12H,4-9H2,1-3H3,(H,14,17)/t10-/m1/s1. The summed E-state index contributed by atoms with van der Waals surface area (Å²) < 4.78 is 0. The molecule has 0 aromatic heterocycles. The predicted molar refractivity (Wildman–Crippen MR) is 67.5 cm³/mol. The quantitative estimate of drug-likeness (QED) is 0.810. The number of carbonyl (C=O) groups excluding carboxylic acids is 2. The van der Waals surface area contributed by atoms with E-state index in [0.717, 1.165) is 38.8 Å². The predicted octanol–water partition coefficient (Wildman–Crippen LogP) is 1.55. The van der Waals surface area contributed by atoms with Crippen LogP contribution in [0.25, 0.3) is 0 Å². The molecule has 1 heterocycles. The summed E-state index contributed by atoms with van der Waals surface area (Å²) in [6.45, 7) is 7.19. The molecule has 0 radical (unpaired) electrons. The highest BCUT2D eigenvalue weighted by atomic mass is 16.2. The molecule has 1 aliphatic heterocycles. The zero-order valence-corrected chi connectivity index (χ0v) is 11.2. The number of rotatable bonds is 4. The van der Waals surface area contributed by atoms with E-state index in [0.29, 0.717) is 0 Å². The van der Waals surface area contributed by atoms with Crippen molar-refractivity contribution in [1.29, 1.82) is 0 Å². The minimum Gasteiger partial charge on any atom is -0.353 e. The van der Waals surface area contributed by atoms with Gasteiger partial charge in [0.25, 0.3) is 0 Å². The van der Waals surface area contributed by atoms with Gasteiger partial charge in [-0.1, -0.05) is 13.3 Å². The van der Waals surface area contributed by atoms with Crippen LogP contribution in [-0.4, -0.2) is 35.8 Å². The zero-order valence-electron chi connectivity index (χ0n) is 11.2. The van der Waals surface area contributed by atoms with Gasteiger partial charge in [0, 0.05) is 32.0 Å². The molecule has 1 atom stereocenters. The van der Waals surface area contributed by atoms with E-state index in [-0.39, 0.29) is 23.8 Å². The Balaban J connectivity index is 2.33. The maximum atomic E-state index is 11.9. The molecule has 4 heteroatoms. The average Bonchev–Trinajstić information content (AvgIpc) is 2.29. The normalized spacial score (nSPS) is 18.9. The average molecular weight is 240 g/mol. The highest BCUT2D eigenvalue weighted by Crippen LogP contribution is 2.17. The molecule has 1 rings (SSSR count). The summed E-state index contributed by atoms with van der Waals surface area (Å²) in [7, 11) is 0. The molecule has 0 spiro atoms. The van der Waals surface area contributed by atoms with Crippen molar-refractivity contribution in [2.75, 3.05) is 13.1 Å². The number of nitrogens with zero attached hydrogens (tertiary/aromatic N) is 1. The second-order valence-corrected chi connectivity index (χ2v) is 4.98. The smallest absolute Gasteiger partial charge is 0.223 e. The minimum absolute atomic E-state index is 0.0879. The van der Waals surface area contributed by atoms with Gasteiger partial charge in [0.1, 0.15) is 0 Å². The van der Waals surface area contributed by atoms with Crippen molar-refractivity contribution in [2.45, 2.75) is 52.5 Å². The maximum absolute atomic E-state index is 11.9. The summed E-state index contributed by atoms with van der Waals surface area (Å²) in [5.41, 5.74) is 0. The number of hydrogen-bond acceptors (Lipinski definition) is 2. The van der Waals surface area contributed by atoms with Crippen LogP contribution >= 0.6 is 0 Å². The number of likely N-dealkylation sites (tertiary alicyclic amines) is 1. The van der Waals surface area contributed by atoms with Gasteiger partial charge in [0.2, 0.25) is 11.8 Å². The Hall–Kier alpha value is -1.06. The maximum Gasteiger partial charge on any atom is 0.223 e. The fourth-order valence-corrected chi connectivity index (χ4v) is 2.32. The first-order chi connectivity index (χ1) is 8.04. The van der Waals surface area contributed by atoms with Gasteiger partial charge in [-0.25, -0.2) is 0 Å². The highest BCUT2D eigenvalue weighted by Gasteiger charge is 2.26. The third-order valence-corrected chi connectivity index (χ3v) is 3.42.